The molecule has 5 nitrogen and oxygen atoms in total. The van der Waals surface area contributed by atoms with Crippen LogP contribution in [0.15, 0.2) is 47.1 Å². The first-order chi connectivity index (χ1) is 11.2. The van der Waals surface area contributed by atoms with Gasteiger partial charge in [0.2, 0.25) is 0 Å². The summed E-state index contributed by atoms with van der Waals surface area (Å²) in [7, 11) is 1.36. The van der Waals surface area contributed by atoms with Crippen LogP contribution in [0, 0.1) is 6.92 Å². The van der Waals surface area contributed by atoms with E-state index in [9.17, 15) is 4.79 Å². The lowest BCUT2D eigenvalue weighted by atomic mass is 10.0. The van der Waals surface area contributed by atoms with Crippen LogP contribution in [0.1, 0.15) is 16.1 Å². The molecule has 0 aliphatic heterocycles. The maximum atomic E-state index is 12.1. The first kappa shape index (κ1) is 13.6. The van der Waals surface area contributed by atoms with E-state index in [-0.39, 0.29) is 0 Å². The van der Waals surface area contributed by atoms with Crippen molar-refractivity contribution >= 4 is 27.8 Å². The summed E-state index contributed by atoms with van der Waals surface area (Å²) in [5, 5.41) is 2.00. The number of furan rings is 1. The van der Waals surface area contributed by atoms with Crippen LogP contribution in [0.4, 0.5) is 0 Å². The number of aromatic nitrogens is 2. The van der Waals surface area contributed by atoms with Gasteiger partial charge in [-0.25, -0.2) is 9.78 Å². The lowest BCUT2D eigenvalue weighted by Crippen LogP contribution is -2.08. The second-order valence-corrected chi connectivity index (χ2v) is 5.32. The number of pyridine rings is 1. The SMILES string of the molecule is COC(=O)c1nc(-c2ccco2)c2[nH]c3ccccc3c2c1C. The van der Waals surface area contributed by atoms with Crippen LogP contribution in [0.25, 0.3) is 33.3 Å². The predicted octanol–water partition coefficient (Wildman–Crippen LogP) is 4.07. The van der Waals surface area contributed by atoms with E-state index in [0.717, 1.165) is 27.4 Å². The molecule has 3 heterocycles. The van der Waals surface area contributed by atoms with Gasteiger partial charge in [0.15, 0.2) is 11.5 Å². The largest absolute Gasteiger partial charge is 0.464 e. The van der Waals surface area contributed by atoms with Crippen LogP contribution in [-0.4, -0.2) is 23.0 Å². The Labute approximate surface area is 131 Å². The van der Waals surface area contributed by atoms with Gasteiger partial charge in [0.05, 0.1) is 18.9 Å². The Bertz CT molecular complexity index is 1030. The fourth-order valence-corrected chi connectivity index (χ4v) is 2.97. The normalized spacial score (nSPS) is 11.2. The van der Waals surface area contributed by atoms with E-state index >= 15 is 0 Å². The minimum atomic E-state index is -0.456. The average molecular weight is 306 g/mol. The van der Waals surface area contributed by atoms with Crippen molar-refractivity contribution < 1.29 is 13.9 Å². The van der Waals surface area contributed by atoms with E-state index < -0.39 is 5.97 Å². The zero-order valence-corrected chi connectivity index (χ0v) is 12.7. The predicted molar refractivity (Wildman–Crippen MR) is 87.4 cm³/mol. The molecule has 3 aromatic heterocycles. The third kappa shape index (κ3) is 1.93. The molecular weight excluding hydrogens is 292 g/mol. The van der Waals surface area contributed by atoms with Crippen molar-refractivity contribution in [1.82, 2.24) is 9.97 Å². The highest BCUT2D eigenvalue weighted by atomic mass is 16.5. The number of carbonyl (C=O) groups excluding carboxylic acids is 1. The van der Waals surface area contributed by atoms with Crippen LogP contribution >= 0.6 is 0 Å². The molecule has 0 saturated heterocycles. The topological polar surface area (TPSA) is 68.1 Å². The maximum Gasteiger partial charge on any atom is 0.356 e. The van der Waals surface area contributed by atoms with Crippen LogP contribution in [0.2, 0.25) is 0 Å². The second kappa shape index (κ2) is 4.98. The number of H-pyrrole nitrogens is 1. The molecule has 0 amide bonds. The Hall–Kier alpha value is -3.08. The fraction of sp³-hybridized carbons (Fsp3) is 0.111. The lowest BCUT2D eigenvalue weighted by molar-refractivity contribution is 0.0593. The summed E-state index contributed by atoms with van der Waals surface area (Å²) in [4.78, 5) is 20.0. The zero-order chi connectivity index (χ0) is 16.0. The second-order valence-electron chi connectivity index (χ2n) is 5.32. The molecule has 23 heavy (non-hydrogen) atoms. The number of nitrogens with zero attached hydrogens (tertiary/aromatic N) is 1. The Morgan fingerprint density at radius 3 is 2.78 bits per heavy atom. The van der Waals surface area contributed by atoms with Crippen LogP contribution in [0.5, 0.6) is 0 Å². The molecule has 114 valence electrons. The summed E-state index contributed by atoms with van der Waals surface area (Å²) in [6.45, 7) is 1.88. The molecule has 0 bridgehead atoms. The highest BCUT2D eigenvalue weighted by molar-refractivity contribution is 6.14. The van der Waals surface area contributed by atoms with Crippen molar-refractivity contribution in [2.45, 2.75) is 6.92 Å². The Morgan fingerprint density at radius 1 is 1.22 bits per heavy atom. The van der Waals surface area contributed by atoms with Gasteiger partial charge in [-0.2, -0.15) is 0 Å². The summed E-state index contributed by atoms with van der Waals surface area (Å²) in [5.74, 6) is 0.147. The number of aromatic amines is 1. The van der Waals surface area contributed by atoms with Gasteiger partial charge < -0.3 is 14.1 Å². The highest BCUT2D eigenvalue weighted by Gasteiger charge is 2.22. The number of ether oxygens (including phenoxy) is 1. The summed E-state index contributed by atoms with van der Waals surface area (Å²) >= 11 is 0. The number of methoxy groups -OCH3 is 1. The molecule has 0 spiro atoms. The molecule has 0 radical (unpaired) electrons. The van der Waals surface area contributed by atoms with Crippen molar-refractivity contribution in [2.75, 3.05) is 7.11 Å². The van der Waals surface area contributed by atoms with Gasteiger partial charge in [0, 0.05) is 16.3 Å². The summed E-state index contributed by atoms with van der Waals surface area (Å²) < 4.78 is 10.4. The third-order valence-electron chi connectivity index (χ3n) is 4.03. The molecule has 4 aromatic rings. The quantitative estimate of drug-likeness (QED) is 0.567. The maximum absolute atomic E-state index is 12.1. The number of rotatable bonds is 2. The number of fused-ring (bicyclic) bond motifs is 3. The van der Waals surface area contributed by atoms with E-state index in [0.29, 0.717) is 17.1 Å². The molecule has 5 heteroatoms. The van der Waals surface area contributed by atoms with Gasteiger partial charge in [-0.15, -0.1) is 0 Å². The molecule has 0 aliphatic rings. The molecule has 1 N–H and O–H groups in total. The molecule has 0 saturated carbocycles. The first-order valence-electron chi connectivity index (χ1n) is 7.24. The zero-order valence-electron chi connectivity index (χ0n) is 12.7. The van der Waals surface area contributed by atoms with Gasteiger partial charge in [0.1, 0.15) is 5.69 Å². The van der Waals surface area contributed by atoms with Crippen LogP contribution in [-0.2, 0) is 4.74 Å². The van der Waals surface area contributed by atoms with Crippen molar-refractivity contribution in [2.24, 2.45) is 0 Å². The molecule has 0 unspecified atom stereocenters. The molecule has 0 aliphatic carbocycles. The Morgan fingerprint density at radius 2 is 2.04 bits per heavy atom. The van der Waals surface area contributed by atoms with Crippen molar-refractivity contribution in [3.05, 3.63) is 53.9 Å². The number of esters is 1. The number of para-hydroxylation sites is 1. The van der Waals surface area contributed by atoms with Crippen molar-refractivity contribution in [1.29, 1.82) is 0 Å². The summed E-state index contributed by atoms with van der Waals surface area (Å²) in [5.41, 5.74) is 3.54. The lowest BCUT2D eigenvalue weighted by Gasteiger charge is -2.08. The van der Waals surface area contributed by atoms with E-state index in [4.69, 9.17) is 9.15 Å². The number of nitrogens with one attached hydrogen (secondary N) is 1. The molecule has 1 aromatic carbocycles. The average Bonchev–Trinajstić information content (AvgIpc) is 3.22. The van der Waals surface area contributed by atoms with Gasteiger partial charge in [0.25, 0.3) is 0 Å². The first-order valence-corrected chi connectivity index (χ1v) is 7.24. The van der Waals surface area contributed by atoms with Gasteiger partial charge in [-0.05, 0) is 30.7 Å². The number of hydrogen-bond acceptors (Lipinski definition) is 4. The molecular formula is C18H14N2O3. The fourth-order valence-electron chi connectivity index (χ4n) is 2.97. The van der Waals surface area contributed by atoms with E-state index in [1.54, 1.807) is 12.3 Å². The van der Waals surface area contributed by atoms with Crippen LogP contribution < -0.4 is 0 Å². The minimum absolute atomic E-state index is 0.302. The minimum Gasteiger partial charge on any atom is -0.464 e. The highest BCUT2D eigenvalue weighted by Crippen LogP contribution is 2.35. The van der Waals surface area contributed by atoms with Crippen molar-refractivity contribution in [3.63, 3.8) is 0 Å². The van der Waals surface area contributed by atoms with E-state index in [2.05, 4.69) is 9.97 Å². The number of benzene rings is 1. The number of hydrogen-bond donors (Lipinski definition) is 1. The monoisotopic (exact) mass is 306 g/mol. The third-order valence-corrected chi connectivity index (χ3v) is 4.03. The Kier molecular flexibility index (Phi) is 2.94. The van der Waals surface area contributed by atoms with Crippen LogP contribution in [0.3, 0.4) is 0 Å². The van der Waals surface area contributed by atoms with E-state index in [1.165, 1.54) is 7.11 Å². The molecule has 4 rings (SSSR count). The number of aryl methyl sites for hydroxylation is 1. The number of carbonyl (C=O) groups is 1. The molecule has 0 atom stereocenters. The summed E-state index contributed by atoms with van der Waals surface area (Å²) in [6.07, 6.45) is 1.59. The summed E-state index contributed by atoms with van der Waals surface area (Å²) in [6, 6.07) is 11.6. The Balaban J connectivity index is 2.20. The molecule has 0 fully saturated rings. The van der Waals surface area contributed by atoms with Crippen molar-refractivity contribution in [3.8, 4) is 11.5 Å². The van der Waals surface area contributed by atoms with E-state index in [1.807, 2.05) is 37.3 Å². The standard InChI is InChI=1S/C18H14N2O3/c1-10-14-11-6-3-4-7-12(11)19-17(14)16(13-8-5-9-23-13)20-15(10)18(21)22-2/h3-9,19H,1-2H3. The smallest absolute Gasteiger partial charge is 0.356 e. The van der Waals surface area contributed by atoms with Gasteiger partial charge in [-0.3, -0.25) is 0 Å². The van der Waals surface area contributed by atoms with Gasteiger partial charge in [-0.1, -0.05) is 18.2 Å². The van der Waals surface area contributed by atoms with Gasteiger partial charge >= 0.3 is 5.97 Å².